The molecule has 3 aromatic rings. The van der Waals surface area contributed by atoms with Gasteiger partial charge in [0.25, 0.3) is 11.6 Å². The molecule has 0 aliphatic rings. The number of thiazole rings is 1. The van der Waals surface area contributed by atoms with Crippen LogP contribution < -0.4 is 4.80 Å². The van der Waals surface area contributed by atoms with Gasteiger partial charge < -0.3 is 4.57 Å². The zero-order valence-electron chi connectivity index (χ0n) is 15.1. The van der Waals surface area contributed by atoms with Crippen molar-refractivity contribution in [2.45, 2.75) is 26.3 Å². The summed E-state index contributed by atoms with van der Waals surface area (Å²) in [5.74, 6) is -0.242. The molecule has 3 rings (SSSR count). The number of para-hydroxylation sites is 1. The maximum atomic E-state index is 12.6. The Morgan fingerprint density at radius 1 is 1.33 bits per heavy atom. The number of nitrogens with zero attached hydrogens (tertiary/aromatic N) is 3. The Kier molecular flexibility index (Phi) is 5.32. The Morgan fingerprint density at radius 3 is 2.74 bits per heavy atom. The van der Waals surface area contributed by atoms with Crippen LogP contribution >= 0.6 is 11.3 Å². The highest BCUT2D eigenvalue weighted by atomic mass is 32.1. The number of amides is 1. The summed E-state index contributed by atoms with van der Waals surface area (Å²) in [5.41, 5.74) is 1.89. The average Bonchev–Trinajstić information content (AvgIpc) is 2.98. The van der Waals surface area contributed by atoms with E-state index in [1.54, 1.807) is 12.1 Å². The number of nitro benzene ring substituents is 1. The van der Waals surface area contributed by atoms with Gasteiger partial charge in [0.1, 0.15) is 5.56 Å². The monoisotopic (exact) mass is 381 g/mol. The van der Waals surface area contributed by atoms with Crippen molar-refractivity contribution < 1.29 is 9.72 Å². The van der Waals surface area contributed by atoms with Gasteiger partial charge in [-0.15, -0.1) is 6.58 Å². The molecule has 0 saturated heterocycles. The fraction of sp³-hybridized carbons (Fsp3) is 0.200. The number of hydrogen-bond acceptors (Lipinski definition) is 4. The molecule has 0 unspecified atom stereocenters. The van der Waals surface area contributed by atoms with Crippen molar-refractivity contribution in [1.29, 1.82) is 0 Å². The number of aromatic nitrogens is 1. The fourth-order valence-corrected chi connectivity index (χ4v) is 3.89. The van der Waals surface area contributed by atoms with Gasteiger partial charge in [0.15, 0.2) is 4.80 Å². The van der Waals surface area contributed by atoms with Crippen LogP contribution in [-0.2, 0) is 6.54 Å². The average molecular weight is 381 g/mol. The zero-order chi connectivity index (χ0) is 19.6. The molecule has 0 aliphatic heterocycles. The molecule has 7 heteroatoms. The number of rotatable bonds is 5. The van der Waals surface area contributed by atoms with Gasteiger partial charge in [0, 0.05) is 12.6 Å². The topological polar surface area (TPSA) is 77.5 Å². The van der Waals surface area contributed by atoms with Crippen LogP contribution in [0.5, 0.6) is 0 Å². The minimum atomic E-state index is -0.629. The minimum Gasteiger partial charge on any atom is -0.312 e. The Balaban J connectivity index is 2.18. The molecule has 1 amide bonds. The van der Waals surface area contributed by atoms with Crippen molar-refractivity contribution >= 4 is 33.1 Å². The second-order valence-electron chi connectivity index (χ2n) is 6.36. The highest BCUT2D eigenvalue weighted by molar-refractivity contribution is 7.16. The second-order valence-corrected chi connectivity index (χ2v) is 7.37. The van der Waals surface area contributed by atoms with Crippen LogP contribution in [-0.4, -0.2) is 15.4 Å². The van der Waals surface area contributed by atoms with Crippen LogP contribution in [0.1, 0.15) is 35.7 Å². The third-order valence-corrected chi connectivity index (χ3v) is 5.25. The summed E-state index contributed by atoms with van der Waals surface area (Å²) in [4.78, 5) is 27.9. The van der Waals surface area contributed by atoms with E-state index in [9.17, 15) is 14.9 Å². The third kappa shape index (κ3) is 3.73. The molecule has 0 bridgehead atoms. The Labute approximate surface area is 160 Å². The summed E-state index contributed by atoms with van der Waals surface area (Å²) in [6, 6.07) is 12.0. The first-order chi connectivity index (χ1) is 12.9. The van der Waals surface area contributed by atoms with Gasteiger partial charge in [-0.2, -0.15) is 4.99 Å². The molecule has 0 fully saturated rings. The first kappa shape index (κ1) is 18.7. The fourth-order valence-electron chi connectivity index (χ4n) is 2.80. The van der Waals surface area contributed by atoms with Crippen molar-refractivity contribution in [1.82, 2.24) is 4.57 Å². The first-order valence-corrected chi connectivity index (χ1v) is 9.30. The van der Waals surface area contributed by atoms with Crippen LogP contribution in [0.3, 0.4) is 0 Å². The lowest BCUT2D eigenvalue weighted by Gasteiger charge is -2.05. The summed E-state index contributed by atoms with van der Waals surface area (Å²) in [5, 5.41) is 11.2. The standard InChI is InChI=1S/C20H19N3O3S/c1-4-11-22-17-10-9-14(13(2)3)12-18(17)27-20(22)21-19(24)15-7-5-6-8-16(15)23(25)26/h4-10,12-13H,1,11H2,2-3H3. The van der Waals surface area contributed by atoms with Crippen molar-refractivity contribution in [2.24, 2.45) is 4.99 Å². The van der Waals surface area contributed by atoms with E-state index in [4.69, 9.17) is 0 Å². The van der Waals surface area contributed by atoms with Crippen LogP contribution in [0.25, 0.3) is 10.2 Å². The van der Waals surface area contributed by atoms with E-state index >= 15 is 0 Å². The lowest BCUT2D eigenvalue weighted by Crippen LogP contribution is -2.16. The molecule has 1 heterocycles. The highest BCUT2D eigenvalue weighted by Gasteiger charge is 2.19. The number of fused-ring (bicyclic) bond motifs is 1. The van der Waals surface area contributed by atoms with Crippen molar-refractivity contribution in [3.63, 3.8) is 0 Å². The summed E-state index contributed by atoms with van der Waals surface area (Å²) in [6.07, 6.45) is 1.73. The molecular formula is C20H19N3O3S. The quantitative estimate of drug-likeness (QED) is 0.366. The van der Waals surface area contributed by atoms with Crippen molar-refractivity contribution in [2.75, 3.05) is 0 Å². The summed E-state index contributed by atoms with van der Waals surface area (Å²) in [7, 11) is 0. The number of benzene rings is 2. The van der Waals surface area contributed by atoms with Crippen LogP contribution in [0.15, 0.2) is 60.1 Å². The molecule has 138 valence electrons. The van der Waals surface area contributed by atoms with E-state index in [2.05, 4.69) is 37.6 Å². The van der Waals surface area contributed by atoms with Crippen molar-refractivity contribution in [3.05, 3.63) is 81.2 Å². The SMILES string of the molecule is C=CCn1c(=NC(=O)c2ccccc2[N+](=O)[O-])sc2cc(C(C)C)ccc21. The summed E-state index contributed by atoms with van der Waals surface area (Å²) < 4.78 is 2.90. The van der Waals surface area contributed by atoms with Crippen LogP contribution in [0.4, 0.5) is 5.69 Å². The molecule has 27 heavy (non-hydrogen) atoms. The van der Waals surface area contributed by atoms with Gasteiger partial charge in [-0.1, -0.05) is 49.5 Å². The molecule has 0 N–H and O–H groups in total. The molecule has 0 saturated carbocycles. The molecule has 2 aromatic carbocycles. The third-order valence-electron chi connectivity index (χ3n) is 4.21. The largest absolute Gasteiger partial charge is 0.312 e. The molecule has 6 nitrogen and oxygen atoms in total. The number of allylic oxidation sites excluding steroid dienone is 1. The molecule has 0 atom stereocenters. The van der Waals surface area contributed by atoms with E-state index in [0.29, 0.717) is 17.3 Å². The maximum Gasteiger partial charge on any atom is 0.286 e. The number of carbonyl (C=O) groups is 1. The van der Waals surface area contributed by atoms with E-state index in [0.717, 1.165) is 10.2 Å². The Morgan fingerprint density at radius 2 is 2.07 bits per heavy atom. The van der Waals surface area contributed by atoms with Gasteiger partial charge >= 0.3 is 0 Å². The summed E-state index contributed by atoms with van der Waals surface area (Å²) in [6.45, 7) is 8.50. The van der Waals surface area contributed by atoms with E-state index in [1.807, 2.05) is 10.6 Å². The van der Waals surface area contributed by atoms with E-state index in [1.165, 1.54) is 35.1 Å². The number of carbonyl (C=O) groups excluding carboxylic acids is 1. The predicted octanol–water partition coefficient (Wildman–Crippen LogP) is 4.66. The summed E-state index contributed by atoms with van der Waals surface area (Å²) >= 11 is 1.39. The van der Waals surface area contributed by atoms with Crippen LogP contribution in [0.2, 0.25) is 0 Å². The van der Waals surface area contributed by atoms with Gasteiger partial charge in [-0.05, 0) is 29.7 Å². The smallest absolute Gasteiger partial charge is 0.286 e. The zero-order valence-corrected chi connectivity index (χ0v) is 15.9. The maximum absolute atomic E-state index is 12.6. The van der Waals surface area contributed by atoms with Gasteiger partial charge in [0.05, 0.1) is 15.1 Å². The number of nitro groups is 1. The molecular weight excluding hydrogens is 362 g/mol. The molecule has 0 spiro atoms. The van der Waals surface area contributed by atoms with E-state index < -0.39 is 10.8 Å². The van der Waals surface area contributed by atoms with Gasteiger partial charge in [-0.25, -0.2) is 0 Å². The van der Waals surface area contributed by atoms with Gasteiger partial charge in [-0.3, -0.25) is 14.9 Å². The lowest BCUT2D eigenvalue weighted by molar-refractivity contribution is -0.385. The van der Waals surface area contributed by atoms with E-state index in [-0.39, 0.29) is 11.3 Å². The molecule has 0 aliphatic carbocycles. The number of hydrogen-bond donors (Lipinski definition) is 0. The normalized spacial score (nSPS) is 11.9. The molecule has 1 aromatic heterocycles. The van der Waals surface area contributed by atoms with Gasteiger partial charge in [0.2, 0.25) is 0 Å². The minimum absolute atomic E-state index is 0.0204. The lowest BCUT2D eigenvalue weighted by atomic mass is 10.0. The Bertz CT molecular complexity index is 1110. The predicted molar refractivity (Wildman–Crippen MR) is 107 cm³/mol. The van der Waals surface area contributed by atoms with Crippen molar-refractivity contribution in [3.8, 4) is 0 Å². The Hall–Kier alpha value is -3.06. The van der Waals surface area contributed by atoms with Crippen LogP contribution in [0, 0.1) is 10.1 Å². The highest BCUT2D eigenvalue weighted by Crippen LogP contribution is 2.24. The second kappa shape index (κ2) is 7.67. The first-order valence-electron chi connectivity index (χ1n) is 8.49. The molecule has 0 radical (unpaired) electrons.